The quantitative estimate of drug-likeness (QED) is 0.694. The van der Waals surface area contributed by atoms with Crippen LogP contribution >= 0.6 is 0 Å². The minimum atomic E-state index is -0.701. The lowest BCUT2D eigenvalue weighted by Gasteiger charge is -2.28. The molecule has 2 unspecified atom stereocenters. The summed E-state index contributed by atoms with van der Waals surface area (Å²) in [5.74, 6) is -0.716. The van der Waals surface area contributed by atoms with Gasteiger partial charge in [0, 0.05) is 12.1 Å². The summed E-state index contributed by atoms with van der Waals surface area (Å²) in [5.41, 5.74) is 0. The monoisotopic (exact) mass is 254 g/mol. The largest absolute Gasteiger partial charge is 0.481 e. The maximum Gasteiger partial charge on any atom is 0.306 e. The molecular weight excluding hydrogens is 232 g/mol. The number of amides is 1. The molecule has 5 heteroatoms. The minimum Gasteiger partial charge on any atom is -0.481 e. The molecule has 0 spiro atoms. The predicted molar refractivity (Wildman–Crippen MR) is 67.1 cm³/mol. The summed E-state index contributed by atoms with van der Waals surface area (Å²) in [6.45, 7) is 2.95. The van der Waals surface area contributed by atoms with Crippen molar-refractivity contribution in [2.75, 3.05) is 6.54 Å². The molecule has 2 aliphatic rings. The molecule has 1 heterocycles. The van der Waals surface area contributed by atoms with Gasteiger partial charge in [-0.1, -0.05) is 0 Å². The van der Waals surface area contributed by atoms with Crippen LogP contribution in [0.1, 0.15) is 39.0 Å². The van der Waals surface area contributed by atoms with Crippen LogP contribution in [-0.2, 0) is 9.59 Å². The highest BCUT2D eigenvalue weighted by molar-refractivity contribution is 5.80. The van der Waals surface area contributed by atoms with Crippen LogP contribution in [0.25, 0.3) is 0 Å². The zero-order valence-electron chi connectivity index (χ0n) is 10.8. The van der Waals surface area contributed by atoms with E-state index in [-0.39, 0.29) is 29.8 Å². The van der Waals surface area contributed by atoms with Crippen LogP contribution in [0.2, 0.25) is 0 Å². The highest BCUT2D eigenvalue weighted by atomic mass is 16.4. The standard InChI is InChI=1S/C13H22N2O3/c1-8-11(6-7-14-8)12(16)15-10-4-2-9(3-5-10)13(17)18/h8-11,14H,2-7H2,1H3,(H,15,16)(H,17,18). The van der Waals surface area contributed by atoms with Crippen LogP contribution in [0.5, 0.6) is 0 Å². The van der Waals surface area contributed by atoms with Crippen molar-refractivity contribution in [3.05, 3.63) is 0 Å². The second-order valence-electron chi connectivity index (χ2n) is 5.53. The molecule has 18 heavy (non-hydrogen) atoms. The SMILES string of the molecule is CC1NCCC1C(=O)NC1CCC(C(=O)O)CC1. The van der Waals surface area contributed by atoms with E-state index >= 15 is 0 Å². The fourth-order valence-electron chi connectivity index (χ4n) is 3.01. The average Bonchev–Trinajstić information content (AvgIpc) is 2.76. The second kappa shape index (κ2) is 5.69. The van der Waals surface area contributed by atoms with Crippen LogP contribution in [0.4, 0.5) is 0 Å². The van der Waals surface area contributed by atoms with Crippen molar-refractivity contribution < 1.29 is 14.7 Å². The Hall–Kier alpha value is -1.10. The highest BCUT2D eigenvalue weighted by Crippen LogP contribution is 2.25. The summed E-state index contributed by atoms with van der Waals surface area (Å²) < 4.78 is 0. The Kier molecular flexibility index (Phi) is 4.22. The number of carbonyl (C=O) groups excluding carboxylic acids is 1. The number of carboxylic acid groups (broad SMARTS) is 1. The first kappa shape index (κ1) is 13.3. The molecule has 0 aromatic heterocycles. The van der Waals surface area contributed by atoms with E-state index in [1.54, 1.807) is 0 Å². The number of hydrogen-bond acceptors (Lipinski definition) is 3. The topological polar surface area (TPSA) is 78.4 Å². The number of aliphatic carboxylic acids is 1. The first-order valence-corrected chi connectivity index (χ1v) is 6.84. The number of carboxylic acids is 1. The van der Waals surface area contributed by atoms with E-state index in [0.29, 0.717) is 12.8 Å². The minimum absolute atomic E-state index is 0.0715. The Morgan fingerprint density at radius 3 is 2.33 bits per heavy atom. The lowest BCUT2D eigenvalue weighted by atomic mass is 9.86. The zero-order chi connectivity index (χ0) is 13.1. The van der Waals surface area contributed by atoms with Gasteiger partial charge in [0.15, 0.2) is 0 Å². The van der Waals surface area contributed by atoms with Gasteiger partial charge in [0.25, 0.3) is 0 Å². The van der Waals surface area contributed by atoms with E-state index in [1.807, 2.05) is 6.92 Å². The van der Waals surface area contributed by atoms with Crippen molar-refractivity contribution in [3.8, 4) is 0 Å². The molecule has 0 bridgehead atoms. The molecule has 1 amide bonds. The van der Waals surface area contributed by atoms with E-state index in [1.165, 1.54) is 0 Å². The van der Waals surface area contributed by atoms with E-state index < -0.39 is 5.97 Å². The summed E-state index contributed by atoms with van der Waals surface area (Å²) in [4.78, 5) is 22.9. The van der Waals surface area contributed by atoms with Gasteiger partial charge in [-0.15, -0.1) is 0 Å². The molecule has 3 N–H and O–H groups in total. The van der Waals surface area contributed by atoms with E-state index in [4.69, 9.17) is 5.11 Å². The van der Waals surface area contributed by atoms with Crippen LogP contribution in [-0.4, -0.2) is 35.6 Å². The Balaban J connectivity index is 1.77. The average molecular weight is 254 g/mol. The highest BCUT2D eigenvalue weighted by Gasteiger charge is 2.32. The maximum absolute atomic E-state index is 12.1. The molecule has 5 nitrogen and oxygen atoms in total. The summed E-state index contributed by atoms with van der Waals surface area (Å²) in [5, 5.41) is 15.3. The lowest BCUT2D eigenvalue weighted by molar-refractivity contribution is -0.142. The number of nitrogens with one attached hydrogen (secondary N) is 2. The molecule has 2 rings (SSSR count). The van der Waals surface area contributed by atoms with Crippen LogP contribution < -0.4 is 10.6 Å². The fraction of sp³-hybridized carbons (Fsp3) is 0.846. The van der Waals surface area contributed by atoms with Gasteiger partial charge >= 0.3 is 5.97 Å². The van der Waals surface area contributed by atoms with Crippen molar-refractivity contribution >= 4 is 11.9 Å². The van der Waals surface area contributed by atoms with Gasteiger partial charge in [-0.3, -0.25) is 9.59 Å². The van der Waals surface area contributed by atoms with Gasteiger partial charge in [0.05, 0.1) is 11.8 Å². The van der Waals surface area contributed by atoms with E-state index in [2.05, 4.69) is 10.6 Å². The third kappa shape index (κ3) is 3.02. The van der Waals surface area contributed by atoms with Crippen molar-refractivity contribution in [1.82, 2.24) is 10.6 Å². The summed E-state index contributed by atoms with van der Waals surface area (Å²) in [7, 11) is 0. The van der Waals surface area contributed by atoms with E-state index in [0.717, 1.165) is 25.8 Å². The van der Waals surface area contributed by atoms with Crippen LogP contribution in [0.15, 0.2) is 0 Å². The first-order chi connectivity index (χ1) is 8.58. The van der Waals surface area contributed by atoms with Gasteiger partial charge in [0.1, 0.15) is 0 Å². The van der Waals surface area contributed by atoms with Crippen molar-refractivity contribution in [1.29, 1.82) is 0 Å². The molecule has 0 aromatic carbocycles. The fourth-order valence-corrected chi connectivity index (χ4v) is 3.01. The molecule has 1 aliphatic heterocycles. The van der Waals surface area contributed by atoms with Gasteiger partial charge in [-0.05, 0) is 45.6 Å². The van der Waals surface area contributed by atoms with Gasteiger partial charge in [-0.2, -0.15) is 0 Å². The van der Waals surface area contributed by atoms with Crippen molar-refractivity contribution in [3.63, 3.8) is 0 Å². The van der Waals surface area contributed by atoms with Crippen LogP contribution in [0, 0.1) is 11.8 Å². The third-order valence-electron chi connectivity index (χ3n) is 4.28. The molecule has 1 saturated heterocycles. The Morgan fingerprint density at radius 1 is 1.17 bits per heavy atom. The van der Waals surface area contributed by atoms with Gasteiger partial charge in [0.2, 0.25) is 5.91 Å². The molecule has 2 fully saturated rings. The van der Waals surface area contributed by atoms with Gasteiger partial charge < -0.3 is 15.7 Å². The molecule has 102 valence electrons. The molecule has 2 atom stereocenters. The first-order valence-electron chi connectivity index (χ1n) is 6.84. The molecule has 0 aromatic rings. The number of hydrogen-bond donors (Lipinski definition) is 3. The summed E-state index contributed by atoms with van der Waals surface area (Å²) >= 11 is 0. The van der Waals surface area contributed by atoms with Crippen molar-refractivity contribution in [2.24, 2.45) is 11.8 Å². The molecule has 1 saturated carbocycles. The van der Waals surface area contributed by atoms with E-state index in [9.17, 15) is 9.59 Å². The number of carbonyl (C=O) groups is 2. The lowest BCUT2D eigenvalue weighted by Crippen LogP contribution is -2.44. The summed E-state index contributed by atoms with van der Waals surface area (Å²) in [6.07, 6.45) is 3.84. The number of rotatable bonds is 3. The molecule has 1 aliphatic carbocycles. The Bertz CT molecular complexity index is 324. The van der Waals surface area contributed by atoms with Crippen LogP contribution in [0.3, 0.4) is 0 Å². The molecule has 0 radical (unpaired) electrons. The maximum atomic E-state index is 12.1. The summed E-state index contributed by atoms with van der Waals surface area (Å²) in [6, 6.07) is 0.418. The molecular formula is C13H22N2O3. The Labute approximate surface area is 107 Å². The zero-order valence-corrected chi connectivity index (χ0v) is 10.8. The second-order valence-corrected chi connectivity index (χ2v) is 5.53. The Morgan fingerprint density at radius 2 is 1.83 bits per heavy atom. The van der Waals surface area contributed by atoms with Gasteiger partial charge in [-0.25, -0.2) is 0 Å². The van der Waals surface area contributed by atoms with Crippen molar-refractivity contribution in [2.45, 2.75) is 51.1 Å². The normalized spacial score (nSPS) is 36.3. The predicted octanol–water partition coefficient (Wildman–Crippen LogP) is 0.744. The smallest absolute Gasteiger partial charge is 0.306 e. The third-order valence-corrected chi connectivity index (χ3v) is 4.28.